The Morgan fingerprint density at radius 3 is 2.70 bits per heavy atom. The Hall–Kier alpha value is -1.39. The van der Waals surface area contributed by atoms with Crippen molar-refractivity contribution in [1.29, 1.82) is 0 Å². The summed E-state index contributed by atoms with van der Waals surface area (Å²) >= 11 is 1.64. The third-order valence-electron chi connectivity index (χ3n) is 3.44. The first-order valence-corrected chi connectivity index (χ1v) is 7.88. The predicted octanol–water partition coefficient (Wildman–Crippen LogP) is 3.86. The second-order valence-corrected chi connectivity index (χ2v) is 5.70. The zero-order valence-electron chi connectivity index (χ0n) is 12.6. The lowest BCUT2D eigenvalue weighted by Gasteiger charge is -2.21. The number of aryl methyl sites for hydroxylation is 2. The first kappa shape index (κ1) is 15.0. The van der Waals surface area contributed by atoms with E-state index in [0.717, 1.165) is 30.0 Å². The maximum absolute atomic E-state index is 5.40. The van der Waals surface area contributed by atoms with E-state index in [1.165, 1.54) is 11.1 Å². The van der Waals surface area contributed by atoms with Crippen LogP contribution in [0.25, 0.3) is 0 Å². The lowest BCUT2D eigenvalue weighted by Crippen LogP contribution is -2.24. The number of hydrogen-bond donors (Lipinski definition) is 1. The van der Waals surface area contributed by atoms with Gasteiger partial charge in [-0.1, -0.05) is 13.0 Å². The van der Waals surface area contributed by atoms with Gasteiger partial charge in [-0.15, -0.1) is 11.3 Å². The Balaban J connectivity index is 2.40. The molecule has 1 aromatic carbocycles. The molecule has 4 heteroatoms. The molecule has 0 radical (unpaired) electrons. The number of hydrogen-bond acceptors (Lipinski definition) is 4. The fraction of sp³-hybridized carbons (Fsp3) is 0.438. The van der Waals surface area contributed by atoms with Gasteiger partial charge in [-0.3, -0.25) is 0 Å². The molecule has 0 fully saturated rings. The molecule has 0 amide bonds. The fourth-order valence-corrected chi connectivity index (χ4v) is 2.95. The van der Waals surface area contributed by atoms with Crippen LogP contribution < -0.4 is 10.1 Å². The average molecular weight is 290 g/mol. The number of benzene rings is 1. The van der Waals surface area contributed by atoms with E-state index in [4.69, 9.17) is 4.74 Å². The van der Waals surface area contributed by atoms with Crippen molar-refractivity contribution in [3.05, 3.63) is 45.4 Å². The molecule has 0 bridgehead atoms. The smallest absolute Gasteiger partial charge is 0.122 e. The van der Waals surface area contributed by atoms with Gasteiger partial charge in [0.15, 0.2) is 0 Å². The predicted molar refractivity (Wildman–Crippen MR) is 84.7 cm³/mol. The summed E-state index contributed by atoms with van der Waals surface area (Å²) in [5.74, 6) is 0.943. The van der Waals surface area contributed by atoms with Crippen molar-refractivity contribution in [3.63, 3.8) is 0 Å². The number of nitrogens with zero attached hydrogens (tertiary/aromatic N) is 1. The van der Waals surface area contributed by atoms with Gasteiger partial charge in [0.25, 0.3) is 0 Å². The van der Waals surface area contributed by atoms with Gasteiger partial charge in [0.1, 0.15) is 5.75 Å². The maximum Gasteiger partial charge on any atom is 0.122 e. The van der Waals surface area contributed by atoms with E-state index in [-0.39, 0.29) is 6.04 Å². The van der Waals surface area contributed by atoms with Crippen LogP contribution in [-0.2, 0) is 0 Å². The Kier molecular flexibility index (Phi) is 5.15. The summed E-state index contributed by atoms with van der Waals surface area (Å²) in [6, 6.07) is 4.48. The van der Waals surface area contributed by atoms with Gasteiger partial charge in [-0.25, -0.2) is 4.98 Å². The molecule has 1 N–H and O–H groups in total. The van der Waals surface area contributed by atoms with Crippen molar-refractivity contribution >= 4 is 11.3 Å². The van der Waals surface area contributed by atoms with Crippen molar-refractivity contribution in [1.82, 2.24) is 10.3 Å². The zero-order valence-corrected chi connectivity index (χ0v) is 13.4. The highest BCUT2D eigenvalue weighted by Gasteiger charge is 2.18. The maximum atomic E-state index is 5.40. The molecule has 0 aliphatic heterocycles. The van der Waals surface area contributed by atoms with Gasteiger partial charge in [0.05, 0.1) is 24.4 Å². The Morgan fingerprint density at radius 1 is 1.30 bits per heavy atom. The molecule has 0 spiro atoms. The SMILES string of the molecule is CCCNC(c1cscn1)c1cc(C)c(OC)cc1C. The van der Waals surface area contributed by atoms with Crippen LogP contribution in [0.1, 0.15) is 41.8 Å². The normalized spacial score (nSPS) is 12.4. The van der Waals surface area contributed by atoms with Crippen LogP contribution >= 0.6 is 11.3 Å². The highest BCUT2D eigenvalue weighted by Crippen LogP contribution is 2.30. The number of nitrogens with one attached hydrogen (secondary N) is 1. The molecule has 2 rings (SSSR count). The second-order valence-electron chi connectivity index (χ2n) is 4.98. The number of aromatic nitrogens is 1. The zero-order chi connectivity index (χ0) is 14.5. The van der Waals surface area contributed by atoms with Crippen LogP contribution in [0.5, 0.6) is 5.75 Å². The monoisotopic (exact) mass is 290 g/mol. The highest BCUT2D eigenvalue weighted by atomic mass is 32.1. The molecule has 0 saturated carbocycles. The van der Waals surface area contributed by atoms with Gasteiger partial charge in [-0.05, 0) is 49.6 Å². The molecular weight excluding hydrogens is 268 g/mol. The third kappa shape index (κ3) is 3.19. The quantitative estimate of drug-likeness (QED) is 0.877. The number of thiazole rings is 1. The first-order valence-electron chi connectivity index (χ1n) is 6.94. The van der Waals surface area contributed by atoms with Gasteiger partial charge < -0.3 is 10.1 Å². The third-order valence-corrected chi connectivity index (χ3v) is 4.04. The van der Waals surface area contributed by atoms with Crippen LogP contribution in [0.3, 0.4) is 0 Å². The van der Waals surface area contributed by atoms with Crippen LogP contribution in [0.15, 0.2) is 23.0 Å². The van der Waals surface area contributed by atoms with Crippen molar-refractivity contribution in [2.24, 2.45) is 0 Å². The largest absolute Gasteiger partial charge is 0.496 e. The fourth-order valence-electron chi connectivity index (χ4n) is 2.37. The summed E-state index contributed by atoms with van der Waals surface area (Å²) in [5, 5.41) is 5.71. The Labute approximate surface area is 125 Å². The van der Waals surface area contributed by atoms with Crippen molar-refractivity contribution in [2.45, 2.75) is 33.2 Å². The molecule has 0 aliphatic carbocycles. The summed E-state index contributed by atoms with van der Waals surface area (Å²) in [6.45, 7) is 7.37. The number of ether oxygens (including phenoxy) is 1. The summed E-state index contributed by atoms with van der Waals surface area (Å²) in [5.41, 5.74) is 6.65. The molecule has 1 aromatic heterocycles. The van der Waals surface area contributed by atoms with E-state index >= 15 is 0 Å². The van der Waals surface area contributed by atoms with Crippen LogP contribution in [0.4, 0.5) is 0 Å². The molecule has 3 nitrogen and oxygen atoms in total. The number of methoxy groups -OCH3 is 1. The lowest BCUT2D eigenvalue weighted by molar-refractivity contribution is 0.411. The van der Waals surface area contributed by atoms with Gasteiger partial charge in [0, 0.05) is 5.38 Å². The number of rotatable bonds is 6. The van der Waals surface area contributed by atoms with E-state index in [0.29, 0.717) is 0 Å². The van der Waals surface area contributed by atoms with E-state index < -0.39 is 0 Å². The van der Waals surface area contributed by atoms with Crippen molar-refractivity contribution in [2.75, 3.05) is 13.7 Å². The molecule has 108 valence electrons. The molecule has 1 atom stereocenters. The minimum Gasteiger partial charge on any atom is -0.496 e. The summed E-state index contributed by atoms with van der Waals surface area (Å²) in [7, 11) is 1.72. The standard InChI is InChI=1S/C16H22N2OS/c1-5-6-17-16(14-9-20-10-18-14)13-7-12(3)15(19-4)8-11(13)2/h7-10,16-17H,5-6H2,1-4H3. The molecular formula is C16H22N2OS. The first-order chi connectivity index (χ1) is 9.67. The summed E-state index contributed by atoms with van der Waals surface area (Å²) in [6.07, 6.45) is 1.11. The molecule has 1 unspecified atom stereocenters. The summed E-state index contributed by atoms with van der Waals surface area (Å²) in [4.78, 5) is 4.48. The van der Waals surface area contributed by atoms with Crippen molar-refractivity contribution < 1.29 is 4.74 Å². The van der Waals surface area contributed by atoms with Gasteiger partial charge in [0.2, 0.25) is 0 Å². The average Bonchev–Trinajstić information content (AvgIpc) is 2.96. The van der Waals surface area contributed by atoms with E-state index in [9.17, 15) is 0 Å². The van der Waals surface area contributed by atoms with Crippen LogP contribution in [0.2, 0.25) is 0 Å². The van der Waals surface area contributed by atoms with E-state index in [1.54, 1.807) is 18.4 Å². The van der Waals surface area contributed by atoms with Gasteiger partial charge >= 0.3 is 0 Å². The molecule has 20 heavy (non-hydrogen) atoms. The van der Waals surface area contributed by atoms with E-state index in [1.807, 2.05) is 5.51 Å². The minimum atomic E-state index is 0.158. The highest BCUT2D eigenvalue weighted by molar-refractivity contribution is 7.07. The van der Waals surface area contributed by atoms with Gasteiger partial charge in [-0.2, -0.15) is 0 Å². The molecule has 1 heterocycles. The minimum absolute atomic E-state index is 0.158. The topological polar surface area (TPSA) is 34.2 Å². The molecule has 0 saturated heterocycles. The molecule has 0 aliphatic rings. The van der Waals surface area contributed by atoms with Crippen LogP contribution in [-0.4, -0.2) is 18.6 Å². The van der Waals surface area contributed by atoms with Crippen molar-refractivity contribution in [3.8, 4) is 5.75 Å². The Morgan fingerprint density at radius 2 is 2.10 bits per heavy atom. The summed E-state index contributed by atoms with van der Waals surface area (Å²) < 4.78 is 5.40. The second kappa shape index (κ2) is 6.86. The lowest BCUT2D eigenvalue weighted by atomic mass is 9.96. The van der Waals surface area contributed by atoms with Crippen LogP contribution in [0, 0.1) is 13.8 Å². The Bertz CT molecular complexity index is 552. The molecule has 2 aromatic rings. The van der Waals surface area contributed by atoms with E-state index in [2.05, 4.69) is 48.6 Å².